The van der Waals surface area contributed by atoms with Crippen LogP contribution in [0.3, 0.4) is 0 Å². The summed E-state index contributed by atoms with van der Waals surface area (Å²) in [6, 6.07) is 7.36. The Morgan fingerprint density at radius 2 is 1.88 bits per heavy atom. The zero-order valence-corrected chi connectivity index (χ0v) is 9.77. The third kappa shape index (κ3) is 4.08. The van der Waals surface area contributed by atoms with E-state index in [9.17, 15) is 0 Å². The van der Waals surface area contributed by atoms with E-state index in [2.05, 4.69) is 5.32 Å². The monoisotopic (exact) mass is 225 g/mol. The van der Waals surface area contributed by atoms with Crippen molar-refractivity contribution >= 4 is 0 Å². The quantitative estimate of drug-likeness (QED) is 0.728. The van der Waals surface area contributed by atoms with Crippen molar-refractivity contribution in [1.29, 1.82) is 0 Å². The van der Waals surface area contributed by atoms with Crippen molar-refractivity contribution < 1.29 is 14.6 Å². The molecule has 0 saturated heterocycles. The molecule has 4 nitrogen and oxygen atoms in total. The molecule has 0 fully saturated rings. The van der Waals surface area contributed by atoms with Crippen molar-refractivity contribution in [3.63, 3.8) is 0 Å². The molecule has 0 aliphatic heterocycles. The van der Waals surface area contributed by atoms with E-state index in [0.717, 1.165) is 18.0 Å². The second-order valence-electron chi connectivity index (χ2n) is 3.42. The number of benzene rings is 1. The van der Waals surface area contributed by atoms with Crippen LogP contribution in [0.2, 0.25) is 0 Å². The van der Waals surface area contributed by atoms with Crippen LogP contribution in [0.5, 0.6) is 11.5 Å². The summed E-state index contributed by atoms with van der Waals surface area (Å²) in [7, 11) is 1.63. The number of ether oxygens (including phenoxy) is 2. The second kappa shape index (κ2) is 7.09. The topological polar surface area (TPSA) is 50.7 Å². The number of aliphatic hydroxyl groups is 1. The Labute approximate surface area is 96.2 Å². The van der Waals surface area contributed by atoms with Crippen LogP contribution in [0.25, 0.3) is 0 Å². The molecule has 90 valence electrons. The number of nitrogens with one attached hydrogen (secondary N) is 1. The molecule has 1 rings (SSSR count). The molecule has 1 unspecified atom stereocenters. The zero-order chi connectivity index (χ0) is 11.8. The average molecular weight is 225 g/mol. The Hall–Kier alpha value is -1.26. The highest BCUT2D eigenvalue weighted by molar-refractivity contribution is 5.31. The lowest BCUT2D eigenvalue weighted by Gasteiger charge is -2.15. The predicted octanol–water partition coefficient (Wildman–Crippen LogP) is 1.04. The normalized spacial score (nSPS) is 12.2. The zero-order valence-electron chi connectivity index (χ0n) is 9.77. The van der Waals surface area contributed by atoms with E-state index in [1.807, 2.05) is 31.2 Å². The summed E-state index contributed by atoms with van der Waals surface area (Å²) in [5, 5.41) is 12.2. The highest BCUT2D eigenvalue weighted by Gasteiger charge is 2.06. The lowest BCUT2D eigenvalue weighted by Crippen LogP contribution is -2.37. The number of rotatable bonds is 7. The van der Waals surface area contributed by atoms with Gasteiger partial charge in [0.05, 0.1) is 19.8 Å². The van der Waals surface area contributed by atoms with Crippen LogP contribution in [0.4, 0.5) is 0 Å². The molecule has 1 atom stereocenters. The summed E-state index contributed by atoms with van der Waals surface area (Å²) < 4.78 is 10.6. The first-order valence-corrected chi connectivity index (χ1v) is 5.41. The fraction of sp³-hybridized carbons (Fsp3) is 0.500. The van der Waals surface area contributed by atoms with Gasteiger partial charge in [0.2, 0.25) is 0 Å². The van der Waals surface area contributed by atoms with E-state index in [1.54, 1.807) is 7.11 Å². The number of methoxy groups -OCH3 is 1. The van der Waals surface area contributed by atoms with Gasteiger partial charge < -0.3 is 19.9 Å². The Morgan fingerprint density at radius 1 is 1.25 bits per heavy atom. The Bertz CT molecular complexity index is 287. The molecule has 0 amide bonds. The molecule has 0 spiro atoms. The fourth-order valence-corrected chi connectivity index (χ4v) is 1.33. The van der Waals surface area contributed by atoms with Gasteiger partial charge in [-0.25, -0.2) is 0 Å². The Kier molecular flexibility index (Phi) is 5.67. The van der Waals surface area contributed by atoms with Crippen molar-refractivity contribution in [2.45, 2.75) is 13.0 Å². The lowest BCUT2D eigenvalue weighted by molar-refractivity contribution is 0.184. The van der Waals surface area contributed by atoms with Crippen LogP contribution in [0, 0.1) is 0 Å². The van der Waals surface area contributed by atoms with E-state index in [0.29, 0.717) is 6.61 Å². The summed E-state index contributed by atoms with van der Waals surface area (Å²) in [5.41, 5.74) is 0. The second-order valence-corrected chi connectivity index (χ2v) is 3.42. The number of likely N-dealkylation sites (N-methyl/N-ethyl adjacent to an activating group) is 1. The first-order chi connectivity index (χ1) is 7.80. The smallest absolute Gasteiger partial charge is 0.119 e. The van der Waals surface area contributed by atoms with E-state index in [-0.39, 0.29) is 12.6 Å². The van der Waals surface area contributed by atoms with E-state index in [4.69, 9.17) is 14.6 Å². The minimum atomic E-state index is -0.0212. The Morgan fingerprint density at radius 3 is 2.38 bits per heavy atom. The van der Waals surface area contributed by atoms with Crippen molar-refractivity contribution in [3.8, 4) is 11.5 Å². The van der Waals surface area contributed by atoms with Crippen molar-refractivity contribution in [3.05, 3.63) is 24.3 Å². The molecule has 0 heterocycles. The fourth-order valence-electron chi connectivity index (χ4n) is 1.33. The molecule has 4 heteroatoms. The van der Waals surface area contributed by atoms with Crippen molar-refractivity contribution in [1.82, 2.24) is 5.32 Å². The maximum Gasteiger partial charge on any atom is 0.119 e. The molecule has 0 radical (unpaired) electrons. The van der Waals surface area contributed by atoms with E-state index >= 15 is 0 Å². The Balaban J connectivity index is 2.40. The van der Waals surface area contributed by atoms with E-state index < -0.39 is 0 Å². The van der Waals surface area contributed by atoms with Gasteiger partial charge in [-0.3, -0.25) is 0 Å². The maximum absolute atomic E-state index is 9.05. The van der Waals surface area contributed by atoms with Gasteiger partial charge in [-0.2, -0.15) is 0 Å². The molecular formula is C12H19NO3. The van der Waals surface area contributed by atoms with Crippen LogP contribution in [0.15, 0.2) is 24.3 Å². The van der Waals surface area contributed by atoms with Crippen molar-refractivity contribution in [2.24, 2.45) is 0 Å². The molecular weight excluding hydrogens is 206 g/mol. The maximum atomic E-state index is 9.05. The van der Waals surface area contributed by atoms with Gasteiger partial charge in [-0.1, -0.05) is 6.92 Å². The lowest BCUT2D eigenvalue weighted by atomic mass is 10.3. The SMILES string of the molecule is CCNC(CO)COc1ccc(OC)cc1. The summed E-state index contributed by atoms with van der Waals surface area (Å²) in [6.45, 7) is 3.34. The van der Waals surface area contributed by atoms with Crippen LogP contribution in [-0.4, -0.2) is 38.0 Å². The summed E-state index contributed by atoms with van der Waals surface area (Å²) in [5.74, 6) is 1.58. The van der Waals surface area contributed by atoms with Gasteiger partial charge in [-0.15, -0.1) is 0 Å². The predicted molar refractivity (Wildman–Crippen MR) is 63.0 cm³/mol. The van der Waals surface area contributed by atoms with Gasteiger partial charge in [0.15, 0.2) is 0 Å². The first kappa shape index (κ1) is 12.8. The third-order valence-corrected chi connectivity index (χ3v) is 2.22. The molecule has 1 aromatic rings. The summed E-state index contributed by atoms with van der Waals surface area (Å²) in [6.07, 6.45) is 0. The standard InChI is InChI=1S/C12H19NO3/c1-3-13-10(8-14)9-16-12-6-4-11(15-2)5-7-12/h4-7,10,13-14H,3,8-9H2,1-2H3. The van der Waals surface area contributed by atoms with Gasteiger partial charge in [0.25, 0.3) is 0 Å². The highest BCUT2D eigenvalue weighted by atomic mass is 16.5. The number of hydrogen-bond donors (Lipinski definition) is 2. The van der Waals surface area contributed by atoms with Crippen LogP contribution in [-0.2, 0) is 0 Å². The van der Waals surface area contributed by atoms with Gasteiger partial charge in [0, 0.05) is 0 Å². The molecule has 0 aliphatic carbocycles. The summed E-state index contributed by atoms with van der Waals surface area (Å²) in [4.78, 5) is 0. The van der Waals surface area contributed by atoms with Crippen LogP contribution in [0.1, 0.15) is 6.92 Å². The molecule has 2 N–H and O–H groups in total. The molecule has 0 bridgehead atoms. The minimum absolute atomic E-state index is 0.0212. The van der Waals surface area contributed by atoms with Gasteiger partial charge >= 0.3 is 0 Å². The van der Waals surface area contributed by atoms with Crippen LogP contribution >= 0.6 is 0 Å². The molecule has 16 heavy (non-hydrogen) atoms. The van der Waals surface area contributed by atoms with Crippen molar-refractivity contribution in [2.75, 3.05) is 26.9 Å². The molecule has 0 aliphatic rings. The number of hydrogen-bond acceptors (Lipinski definition) is 4. The minimum Gasteiger partial charge on any atom is -0.497 e. The summed E-state index contributed by atoms with van der Waals surface area (Å²) >= 11 is 0. The first-order valence-electron chi connectivity index (χ1n) is 5.41. The molecule has 0 aromatic heterocycles. The molecule has 0 saturated carbocycles. The van der Waals surface area contributed by atoms with Crippen LogP contribution < -0.4 is 14.8 Å². The average Bonchev–Trinajstić information content (AvgIpc) is 2.35. The molecule has 1 aromatic carbocycles. The van der Waals surface area contributed by atoms with E-state index in [1.165, 1.54) is 0 Å². The third-order valence-electron chi connectivity index (χ3n) is 2.22. The van der Waals surface area contributed by atoms with Gasteiger partial charge in [0.1, 0.15) is 18.1 Å². The van der Waals surface area contributed by atoms with Gasteiger partial charge in [-0.05, 0) is 30.8 Å². The number of aliphatic hydroxyl groups excluding tert-OH is 1. The highest BCUT2D eigenvalue weighted by Crippen LogP contribution is 2.16. The largest absolute Gasteiger partial charge is 0.497 e.